The van der Waals surface area contributed by atoms with E-state index in [9.17, 15) is 0 Å². The molecule has 1 aliphatic carbocycles. The Hall–Kier alpha value is -0.340. The van der Waals surface area contributed by atoms with Crippen LogP contribution in [0.3, 0.4) is 0 Å². The van der Waals surface area contributed by atoms with Gasteiger partial charge in [-0.1, -0.05) is 38.8 Å². The predicted molar refractivity (Wildman–Crippen MR) is 90.2 cm³/mol. The quantitative estimate of drug-likeness (QED) is 0.619. The van der Waals surface area contributed by atoms with Gasteiger partial charge in [-0.15, -0.1) is 0 Å². The van der Waals surface area contributed by atoms with E-state index in [1.165, 1.54) is 52.1 Å². The SMILES string of the molecule is CCN(CC)CC1CC(C)=C(C)CC1CN(CC)CC. The third-order valence-corrected chi connectivity index (χ3v) is 5.31. The van der Waals surface area contributed by atoms with Crippen LogP contribution in [0.5, 0.6) is 0 Å². The van der Waals surface area contributed by atoms with E-state index in [0.29, 0.717) is 0 Å². The molecule has 20 heavy (non-hydrogen) atoms. The zero-order valence-electron chi connectivity index (χ0n) is 14.7. The van der Waals surface area contributed by atoms with Crippen molar-refractivity contribution in [1.29, 1.82) is 0 Å². The number of rotatable bonds is 8. The average molecular weight is 280 g/mol. The lowest BCUT2D eigenvalue weighted by Crippen LogP contribution is -2.40. The van der Waals surface area contributed by atoms with Gasteiger partial charge in [0.25, 0.3) is 0 Å². The molecular formula is C18H36N2. The molecule has 2 atom stereocenters. The number of allylic oxidation sites excluding steroid dienone is 2. The molecule has 2 unspecified atom stereocenters. The van der Waals surface area contributed by atoms with E-state index in [4.69, 9.17) is 0 Å². The normalized spacial score (nSPS) is 24.0. The molecule has 0 amide bonds. The molecule has 1 aliphatic rings. The van der Waals surface area contributed by atoms with Crippen LogP contribution < -0.4 is 0 Å². The van der Waals surface area contributed by atoms with Crippen LogP contribution in [0, 0.1) is 11.8 Å². The molecule has 0 aliphatic heterocycles. The molecule has 0 heterocycles. The first kappa shape index (κ1) is 17.7. The standard InChI is InChI=1S/C18H36N2/c1-7-19(8-2)13-17-11-15(5)16(6)12-18(17)14-20(9-3)10-4/h17-18H,7-14H2,1-6H3. The first-order chi connectivity index (χ1) is 9.55. The molecule has 0 N–H and O–H groups in total. The topological polar surface area (TPSA) is 6.48 Å². The molecule has 0 saturated heterocycles. The summed E-state index contributed by atoms with van der Waals surface area (Å²) < 4.78 is 0. The second-order valence-electron chi connectivity index (χ2n) is 6.46. The Bertz CT molecular complexity index is 271. The summed E-state index contributed by atoms with van der Waals surface area (Å²) in [6.45, 7) is 21.2. The zero-order chi connectivity index (χ0) is 15.1. The summed E-state index contributed by atoms with van der Waals surface area (Å²) in [5.41, 5.74) is 3.30. The Kier molecular flexibility index (Phi) is 7.83. The smallest absolute Gasteiger partial charge is 0.00157 e. The number of nitrogens with zero attached hydrogens (tertiary/aromatic N) is 2. The van der Waals surface area contributed by atoms with Crippen molar-refractivity contribution in [2.24, 2.45) is 11.8 Å². The van der Waals surface area contributed by atoms with Crippen LogP contribution in [0.2, 0.25) is 0 Å². The van der Waals surface area contributed by atoms with Gasteiger partial charge in [0.1, 0.15) is 0 Å². The van der Waals surface area contributed by atoms with Crippen LogP contribution in [0.25, 0.3) is 0 Å². The van der Waals surface area contributed by atoms with Crippen LogP contribution in [-0.2, 0) is 0 Å². The van der Waals surface area contributed by atoms with E-state index >= 15 is 0 Å². The maximum Gasteiger partial charge on any atom is 0.00157 e. The van der Waals surface area contributed by atoms with Crippen molar-refractivity contribution in [3.05, 3.63) is 11.1 Å². The minimum absolute atomic E-state index is 0.846. The highest BCUT2D eigenvalue weighted by Crippen LogP contribution is 2.35. The lowest BCUT2D eigenvalue weighted by Gasteiger charge is -2.38. The molecular weight excluding hydrogens is 244 g/mol. The summed E-state index contributed by atoms with van der Waals surface area (Å²) in [5.74, 6) is 1.69. The van der Waals surface area contributed by atoms with E-state index in [0.717, 1.165) is 11.8 Å². The maximum absolute atomic E-state index is 2.60. The molecule has 118 valence electrons. The minimum atomic E-state index is 0.846. The maximum atomic E-state index is 2.60. The fraction of sp³-hybridized carbons (Fsp3) is 0.889. The monoisotopic (exact) mass is 280 g/mol. The lowest BCUT2D eigenvalue weighted by atomic mass is 9.76. The number of hydrogen-bond donors (Lipinski definition) is 0. The zero-order valence-corrected chi connectivity index (χ0v) is 14.7. The molecule has 0 saturated carbocycles. The average Bonchev–Trinajstić information content (AvgIpc) is 2.46. The van der Waals surface area contributed by atoms with Gasteiger partial charge in [0.2, 0.25) is 0 Å². The second kappa shape index (κ2) is 8.84. The summed E-state index contributed by atoms with van der Waals surface area (Å²) >= 11 is 0. The third kappa shape index (κ3) is 4.89. The molecule has 0 bridgehead atoms. The highest BCUT2D eigenvalue weighted by molar-refractivity contribution is 5.15. The van der Waals surface area contributed by atoms with Crippen molar-refractivity contribution in [3.8, 4) is 0 Å². The van der Waals surface area contributed by atoms with E-state index in [-0.39, 0.29) is 0 Å². The van der Waals surface area contributed by atoms with Gasteiger partial charge in [0.15, 0.2) is 0 Å². The fourth-order valence-electron chi connectivity index (χ4n) is 3.52. The first-order valence-electron chi connectivity index (χ1n) is 8.65. The van der Waals surface area contributed by atoms with Gasteiger partial charge >= 0.3 is 0 Å². The highest BCUT2D eigenvalue weighted by Gasteiger charge is 2.29. The van der Waals surface area contributed by atoms with Crippen molar-refractivity contribution in [3.63, 3.8) is 0 Å². The summed E-state index contributed by atoms with van der Waals surface area (Å²) in [7, 11) is 0. The van der Waals surface area contributed by atoms with Crippen LogP contribution in [0.15, 0.2) is 11.1 Å². The van der Waals surface area contributed by atoms with Gasteiger partial charge in [-0.25, -0.2) is 0 Å². The Morgan fingerprint density at radius 2 is 1.00 bits per heavy atom. The van der Waals surface area contributed by atoms with Crippen molar-refractivity contribution in [1.82, 2.24) is 9.80 Å². The van der Waals surface area contributed by atoms with E-state index in [1.807, 2.05) is 0 Å². The van der Waals surface area contributed by atoms with E-state index in [1.54, 1.807) is 11.1 Å². The van der Waals surface area contributed by atoms with Crippen LogP contribution >= 0.6 is 0 Å². The molecule has 0 aromatic carbocycles. The molecule has 1 rings (SSSR count). The molecule has 0 aromatic heterocycles. The van der Waals surface area contributed by atoms with Crippen molar-refractivity contribution in [2.45, 2.75) is 54.4 Å². The molecule has 0 aromatic rings. The molecule has 0 spiro atoms. The summed E-state index contributed by atoms with van der Waals surface area (Å²) in [4.78, 5) is 5.21. The van der Waals surface area contributed by atoms with Crippen LogP contribution in [0.4, 0.5) is 0 Å². The summed E-state index contributed by atoms with van der Waals surface area (Å²) in [5, 5.41) is 0. The predicted octanol–water partition coefficient (Wildman–Crippen LogP) is 4.03. The summed E-state index contributed by atoms with van der Waals surface area (Å²) in [6, 6.07) is 0. The molecule has 2 heteroatoms. The Morgan fingerprint density at radius 3 is 1.25 bits per heavy atom. The first-order valence-corrected chi connectivity index (χ1v) is 8.65. The minimum Gasteiger partial charge on any atom is -0.304 e. The van der Waals surface area contributed by atoms with Gasteiger partial charge in [0, 0.05) is 13.1 Å². The van der Waals surface area contributed by atoms with Gasteiger partial charge < -0.3 is 9.80 Å². The Balaban J connectivity index is 2.75. The fourth-order valence-corrected chi connectivity index (χ4v) is 3.52. The third-order valence-electron chi connectivity index (χ3n) is 5.31. The Morgan fingerprint density at radius 1 is 0.700 bits per heavy atom. The lowest BCUT2D eigenvalue weighted by molar-refractivity contribution is 0.149. The Labute approximate surface area is 127 Å². The molecule has 2 nitrogen and oxygen atoms in total. The van der Waals surface area contributed by atoms with Gasteiger partial charge in [-0.2, -0.15) is 0 Å². The van der Waals surface area contributed by atoms with E-state index < -0.39 is 0 Å². The highest BCUT2D eigenvalue weighted by atomic mass is 15.1. The second-order valence-corrected chi connectivity index (χ2v) is 6.46. The van der Waals surface area contributed by atoms with Gasteiger partial charge in [-0.05, 0) is 64.7 Å². The van der Waals surface area contributed by atoms with Crippen LogP contribution in [-0.4, -0.2) is 49.1 Å². The molecule has 0 fully saturated rings. The van der Waals surface area contributed by atoms with Gasteiger partial charge in [0.05, 0.1) is 0 Å². The molecule has 0 radical (unpaired) electrons. The largest absolute Gasteiger partial charge is 0.304 e. The number of hydrogen-bond acceptors (Lipinski definition) is 2. The van der Waals surface area contributed by atoms with Crippen molar-refractivity contribution in [2.75, 3.05) is 39.3 Å². The van der Waals surface area contributed by atoms with Crippen molar-refractivity contribution < 1.29 is 0 Å². The van der Waals surface area contributed by atoms with Gasteiger partial charge in [-0.3, -0.25) is 0 Å². The van der Waals surface area contributed by atoms with Crippen molar-refractivity contribution >= 4 is 0 Å². The van der Waals surface area contributed by atoms with Crippen LogP contribution in [0.1, 0.15) is 54.4 Å². The van der Waals surface area contributed by atoms with E-state index in [2.05, 4.69) is 51.3 Å². The summed E-state index contributed by atoms with van der Waals surface area (Å²) in [6.07, 6.45) is 2.63.